The minimum Gasteiger partial charge on any atom is -0.438 e. The van der Waals surface area contributed by atoms with E-state index in [1.165, 1.54) is 13.0 Å². The summed E-state index contributed by atoms with van der Waals surface area (Å²) < 4.78 is 27.4. The van der Waals surface area contributed by atoms with Crippen LogP contribution in [0, 0.1) is 0 Å². The summed E-state index contributed by atoms with van der Waals surface area (Å²) >= 11 is 5.69. The maximum Gasteiger partial charge on any atom is 0.202 e. The van der Waals surface area contributed by atoms with Crippen molar-refractivity contribution in [3.8, 4) is 0 Å². The van der Waals surface area contributed by atoms with Crippen LogP contribution in [0.1, 0.15) is 6.92 Å². The molecule has 0 unspecified atom stereocenters. The number of quaternary nitrogens is 1. The second-order valence-corrected chi connectivity index (χ2v) is 7.58. The lowest BCUT2D eigenvalue weighted by Crippen LogP contribution is -2.36. The zero-order chi connectivity index (χ0) is 16.3. The van der Waals surface area contributed by atoms with E-state index in [-0.39, 0.29) is 17.3 Å². The van der Waals surface area contributed by atoms with Gasteiger partial charge in [0.2, 0.25) is 10.0 Å². The predicted octanol–water partition coefficient (Wildman–Crippen LogP) is 2.15. The summed E-state index contributed by atoms with van der Waals surface area (Å²) in [6.45, 7) is 2.65. The van der Waals surface area contributed by atoms with Crippen molar-refractivity contribution in [2.24, 2.45) is 4.99 Å². The molecule has 0 fully saturated rings. The SMILES string of the molecule is CC1=Nc2ccc(Cl)cc2S(=O)(=O)[N-]1.C[N+](C)(C)CCO. The fourth-order valence-electron chi connectivity index (χ4n) is 1.50. The van der Waals surface area contributed by atoms with Gasteiger partial charge in [-0.3, -0.25) is 0 Å². The molecule has 0 amide bonds. The number of aliphatic hydroxyl groups excluding tert-OH is 1. The minimum atomic E-state index is -3.60. The normalized spacial score (nSPS) is 16.0. The molecule has 0 aromatic heterocycles. The van der Waals surface area contributed by atoms with Gasteiger partial charge in [0.1, 0.15) is 6.54 Å². The van der Waals surface area contributed by atoms with Crippen molar-refractivity contribution in [2.75, 3.05) is 34.3 Å². The largest absolute Gasteiger partial charge is 0.438 e. The standard InChI is InChI=1S/C8H6ClN2O2S.C5H14NO/c1-5-10-7-3-2-6(9)4-8(7)14(12,13)11-5;1-6(2,3)4-5-7/h2-4H,1H3;7H,4-5H2,1-3H3/q-1;+1. The molecule has 1 N–H and O–H groups in total. The summed E-state index contributed by atoms with van der Waals surface area (Å²) in [6, 6.07) is 4.51. The Bertz CT molecular complexity index is 637. The number of nitrogens with zero attached hydrogens (tertiary/aromatic N) is 3. The Morgan fingerprint density at radius 3 is 2.43 bits per heavy atom. The van der Waals surface area contributed by atoms with Crippen LogP contribution in [0.4, 0.5) is 5.69 Å². The molecule has 1 heterocycles. The van der Waals surface area contributed by atoms with Crippen LogP contribution in [0.15, 0.2) is 28.1 Å². The van der Waals surface area contributed by atoms with E-state index in [0.29, 0.717) is 10.7 Å². The van der Waals surface area contributed by atoms with Gasteiger partial charge in [-0.05, 0) is 24.7 Å². The fourth-order valence-corrected chi connectivity index (χ4v) is 2.88. The number of aliphatic imine (C=N–C) groups is 1. The van der Waals surface area contributed by atoms with E-state index in [0.717, 1.165) is 11.0 Å². The summed E-state index contributed by atoms with van der Waals surface area (Å²) in [5, 5.41) is 8.74. The molecule has 1 aromatic rings. The third-order valence-corrected chi connectivity index (χ3v) is 4.13. The highest BCUT2D eigenvalue weighted by molar-refractivity contribution is 7.95. The van der Waals surface area contributed by atoms with Gasteiger partial charge in [-0.1, -0.05) is 23.5 Å². The number of halogens is 1. The van der Waals surface area contributed by atoms with E-state index in [1.807, 2.05) is 0 Å². The smallest absolute Gasteiger partial charge is 0.202 e. The van der Waals surface area contributed by atoms with Gasteiger partial charge >= 0.3 is 0 Å². The number of fused-ring (bicyclic) bond motifs is 1. The first-order valence-electron chi connectivity index (χ1n) is 6.29. The molecule has 6 nitrogen and oxygen atoms in total. The number of sulfonamides is 1. The number of rotatable bonds is 2. The van der Waals surface area contributed by atoms with E-state index in [9.17, 15) is 8.42 Å². The number of benzene rings is 1. The summed E-state index contributed by atoms with van der Waals surface area (Å²) in [6.07, 6.45) is 0. The van der Waals surface area contributed by atoms with Crippen molar-refractivity contribution < 1.29 is 18.0 Å². The molecule has 118 valence electrons. The predicted molar refractivity (Wildman–Crippen MR) is 84.8 cm³/mol. The number of likely N-dealkylation sites (N-methyl/N-ethyl adjacent to an activating group) is 1. The van der Waals surface area contributed by atoms with Crippen LogP contribution >= 0.6 is 11.6 Å². The molecule has 1 aliphatic heterocycles. The van der Waals surface area contributed by atoms with Gasteiger partial charge in [0.15, 0.2) is 0 Å². The van der Waals surface area contributed by atoms with Crippen LogP contribution < -0.4 is 0 Å². The number of aliphatic hydroxyl groups is 1. The highest BCUT2D eigenvalue weighted by atomic mass is 35.5. The van der Waals surface area contributed by atoms with Gasteiger partial charge in [-0.25, -0.2) is 8.42 Å². The maximum atomic E-state index is 11.5. The quantitative estimate of drug-likeness (QED) is 0.842. The number of hydrogen-bond donors (Lipinski definition) is 1. The zero-order valence-electron chi connectivity index (χ0n) is 12.5. The van der Waals surface area contributed by atoms with Crippen molar-refractivity contribution in [2.45, 2.75) is 11.8 Å². The molecule has 0 atom stereocenters. The lowest BCUT2D eigenvalue weighted by molar-refractivity contribution is -0.870. The molecule has 0 radical (unpaired) electrons. The topological polar surface area (TPSA) is 80.8 Å². The highest BCUT2D eigenvalue weighted by Crippen LogP contribution is 2.34. The maximum absolute atomic E-state index is 11.5. The second-order valence-electron chi connectivity index (χ2n) is 5.57. The Morgan fingerprint density at radius 1 is 1.33 bits per heavy atom. The third kappa shape index (κ3) is 5.62. The van der Waals surface area contributed by atoms with Crippen molar-refractivity contribution in [3.05, 3.63) is 27.9 Å². The van der Waals surface area contributed by atoms with E-state index >= 15 is 0 Å². The zero-order valence-corrected chi connectivity index (χ0v) is 14.1. The molecule has 0 spiro atoms. The lowest BCUT2D eigenvalue weighted by atomic mass is 10.3. The summed E-state index contributed by atoms with van der Waals surface area (Å²) in [7, 11) is 2.55. The summed E-state index contributed by atoms with van der Waals surface area (Å²) in [4.78, 5) is 4.06. The van der Waals surface area contributed by atoms with Crippen molar-refractivity contribution in [1.29, 1.82) is 0 Å². The van der Waals surface area contributed by atoms with Crippen molar-refractivity contribution in [3.63, 3.8) is 0 Å². The van der Waals surface area contributed by atoms with Crippen molar-refractivity contribution in [1.82, 2.24) is 0 Å². The van der Waals surface area contributed by atoms with Crippen LogP contribution in [0.5, 0.6) is 0 Å². The molecule has 21 heavy (non-hydrogen) atoms. The average molecular weight is 334 g/mol. The van der Waals surface area contributed by atoms with E-state index in [1.54, 1.807) is 12.1 Å². The van der Waals surface area contributed by atoms with Gasteiger partial charge in [-0.2, -0.15) is 0 Å². The first kappa shape index (κ1) is 17.9. The van der Waals surface area contributed by atoms with Crippen LogP contribution in [-0.4, -0.2) is 58.1 Å². The number of hydrogen-bond acceptors (Lipinski definition) is 4. The first-order chi connectivity index (χ1) is 9.55. The molecule has 0 aliphatic carbocycles. The summed E-state index contributed by atoms with van der Waals surface area (Å²) in [5.74, 6) is 0.236. The van der Waals surface area contributed by atoms with E-state index < -0.39 is 10.0 Å². The van der Waals surface area contributed by atoms with Crippen LogP contribution in [0.25, 0.3) is 4.72 Å². The lowest BCUT2D eigenvalue weighted by Gasteiger charge is -2.24. The molecule has 8 heteroatoms. The molecular weight excluding hydrogens is 314 g/mol. The summed E-state index contributed by atoms with van der Waals surface area (Å²) in [5.41, 5.74) is 0.391. The van der Waals surface area contributed by atoms with Crippen LogP contribution in [0.2, 0.25) is 5.02 Å². The van der Waals surface area contributed by atoms with Gasteiger partial charge in [0.05, 0.1) is 32.6 Å². The van der Waals surface area contributed by atoms with Gasteiger partial charge in [0, 0.05) is 5.02 Å². The molecular formula is C13H20ClN3O3S. The Hall–Kier alpha value is -1.15. The average Bonchev–Trinajstić information content (AvgIpc) is 2.28. The fraction of sp³-hybridized carbons (Fsp3) is 0.462. The molecule has 0 bridgehead atoms. The molecule has 1 aromatic carbocycles. The third-order valence-electron chi connectivity index (χ3n) is 2.51. The molecule has 0 saturated heterocycles. The van der Waals surface area contributed by atoms with Gasteiger partial charge in [-0.15, -0.1) is 0 Å². The Balaban J connectivity index is 0.000000270. The Kier molecular flexibility index (Phi) is 5.75. The number of amidine groups is 1. The minimum absolute atomic E-state index is 0.0654. The molecule has 0 saturated carbocycles. The van der Waals surface area contributed by atoms with Crippen LogP contribution in [0.3, 0.4) is 0 Å². The van der Waals surface area contributed by atoms with E-state index in [2.05, 4.69) is 30.9 Å². The van der Waals surface area contributed by atoms with Gasteiger partial charge < -0.3 is 19.3 Å². The Morgan fingerprint density at radius 2 is 1.95 bits per heavy atom. The van der Waals surface area contributed by atoms with Gasteiger partial charge in [0.25, 0.3) is 0 Å². The van der Waals surface area contributed by atoms with E-state index in [4.69, 9.17) is 16.7 Å². The monoisotopic (exact) mass is 333 g/mol. The second kappa shape index (κ2) is 6.74. The van der Waals surface area contributed by atoms with Crippen LogP contribution in [-0.2, 0) is 10.0 Å². The Labute approximate surface area is 130 Å². The molecule has 2 rings (SSSR count). The van der Waals surface area contributed by atoms with Crippen molar-refractivity contribution >= 4 is 33.1 Å². The highest BCUT2D eigenvalue weighted by Gasteiger charge is 2.16. The molecule has 1 aliphatic rings. The first-order valence-corrected chi connectivity index (χ1v) is 8.11.